The van der Waals surface area contributed by atoms with Crippen LogP contribution in [0.15, 0.2) is 61.2 Å². The summed E-state index contributed by atoms with van der Waals surface area (Å²) in [5.41, 5.74) is 4.17. The van der Waals surface area contributed by atoms with Crippen LogP contribution in [0.1, 0.15) is 0 Å². The van der Waals surface area contributed by atoms with Crippen molar-refractivity contribution in [2.75, 3.05) is 0 Å². The summed E-state index contributed by atoms with van der Waals surface area (Å²) in [6, 6.07) is 12.5. The fraction of sp³-hybridized carbons (Fsp3) is 0. The van der Waals surface area contributed by atoms with E-state index in [4.69, 9.17) is 0 Å². The highest BCUT2D eigenvalue weighted by molar-refractivity contribution is 6.12. The Balaban J connectivity index is 1.89. The molecule has 0 saturated heterocycles. The molecule has 5 heteroatoms. The number of nitrogens with one attached hydrogen (secondary N) is 1. The molecule has 0 saturated carbocycles. The molecule has 0 spiro atoms. The first-order valence-corrected chi connectivity index (χ1v) is 7.28. The van der Waals surface area contributed by atoms with Gasteiger partial charge in [-0.15, -0.1) is 0 Å². The quantitative estimate of drug-likeness (QED) is 0.508. The Morgan fingerprint density at radius 3 is 1.70 bits per heavy atom. The van der Waals surface area contributed by atoms with Gasteiger partial charge in [0.15, 0.2) is 0 Å². The predicted octanol–water partition coefficient (Wildman–Crippen LogP) is 3.29. The van der Waals surface area contributed by atoms with Crippen molar-refractivity contribution < 1.29 is 0 Å². The Hall–Kier alpha value is -3.34. The molecular formula is C18H11N5-2. The highest BCUT2D eigenvalue weighted by Gasteiger charge is 2.07. The summed E-state index contributed by atoms with van der Waals surface area (Å²) in [6.45, 7) is 0. The van der Waals surface area contributed by atoms with Crippen molar-refractivity contribution in [2.24, 2.45) is 0 Å². The molecule has 0 aliphatic carbocycles. The smallest absolute Gasteiger partial charge is 0.0408 e. The predicted molar refractivity (Wildman–Crippen MR) is 87.7 cm³/mol. The van der Waals surface area contributed by atoms with Crippen molar-refractivity contribution in [2.45, 2.75) is 0 Å². The molecule has 0 aliphatic rings. The molecule has 0 aliphatic heterocycles. The summed E-state index contributed by atoms with van der Waals surface area (Å²) in [4.78, 5) is 11.6. The first kappa shape index (κ1) is 12.2. The summed E-state index contributed by atoms with van der Waals surface area (Å²) in [5.74, 6) is 0. The van der Waals surface area contributed by atoms with Crippen molar-refractivity contribution in [3.05, 3.63) is 73.8 Å². The lowest BCUT2D eigenvalue weighted by Gasteiger charge is -2.11. The zero-order valence-electron chi connectivity index (χ0n) is 12.1. The summed E-state index contributed by atoms with van der Waals surface area (Å²) >= 11 is 0. The third-order valence-electron chi connectivity index (χ3n) is 4.06. The number of aromatic amines is 1. The number of hydrogen-bond donors (Lipinski definition) is 1. The van der Waals surface area contributed by atoms with Crippen molar-refractivity contribution in [3.8, 4) is 11.4 Å². The van der Waals surface area contributed by atoms with Crippen molar-refractivity contribution in [1.82, 2.24) is 24.1 Å². The zero-order valence-corrected chi connectivity index (χ0v) is 12.1. The number of rotatable bonds is 2. The molecule has 0 bridgehead atoms. The molecule has 23 heavy (non-hydrogen) atoms. The molecule has 3 heterocycles. The normalized spacial score (nSPS) is 11.5. The lowest BCUT2D eigenvalue weighted by molar-refractivity contribution is 1.04. The van der Waals surface area contributed by atoms with Gasteiger partial charge in [-0.25, -0.2) is 0 Å². The molecule has 5 rings (SSSR count). The summed E-state index contributed by atoms with van der Waals surface area (Å²) in [7, 11) is 0. The maximum atomic E-state index is 4.02. The Morgan fingerprint density at radius 2 is 1.26 bits per heavy atom. The topological polar surface area (TPSA) is 51.4 Å². The summed E-state index contributed by atoms with van der Waals surface area (Å²) in [5, 5.41) is 2.34. The molecule has 5 nitrogen and oxygen atoms in total. The van der Waals surface area contributed by atoms with Gasteiger partial charge in [0.1, 0.15) is 0 Å². The van der Waals surface area contributed by atoms with E-state index >= 15 is 0 Å². The van der Waals surface area contributed by atoms with Crippen LogP contribution >= 0.6 is 0 Å². The van der Waals surface area contributed by atoms with E-state index in [1.807, 2.05) is 21.5 Å². The second kappa shape index (κ2) is 4.58. The minimum Gasteiger partial charge on any atom is -0.432 e. The molecule has 0 fully saturated rings. The van der Waals surface area contributed by atoms with Crippen LogP contribution in [0.2, 0.25) is 0 Å². The lowest BCUT2D eigenvalue weighted by Crippen LogP contribution is -1.92. The zero-order chi connectivity index (χ0) is 15.2. The molecule has 3 aromatic heterocycles. The van der Waals surface area contributed by atoms with Gasteiger partial charge in [-0.3, -0.25) is 0 Å². The Morgan fingerprint density at radius 1 is 0.739 bits per heavy atom. The number of H-pyrrole nitrogens is 1. The third-order valence-corrected chi connectivity index (χ3v) is 4.06. The molecule has 2 aromatic carbocycles. The number of aromatic nitrogens is 5. The standard InChI is InChI=1S/C18H11N5/c1-3-13-14-4-2-6-16(23-10-8-20-12-23)18(14)21-17(13)15(5-1)22-9-7-19-11-22/h1-10,21H/q-2. The summed E-state index contributed by atoms with van der Waals surface area (Å²) < 4.78 is 3.78. The van der Waals surface area contributed by atoms with Gasteiger partial charge in [0.25, 0.3) is 0 Å². The molecule has 0 radical (unpaired) electrons. The van der Waals surface area contributed by atoms with Crippen LogP contribution < -0.4 is 0 Å². The summed E-state index contributed by atoms with van der Waals surface area (Å²) in [6.07, 6.45) is 13.2. The van der Waals surface area contributed by atoms with E-state index in [1.165, 1.54) is 10.8 Å². The fourth-order valence-corrected chi connectivity index (χ4v) is 3.04. The van der Waals surface area contributed by atoms with Gasteiger partial charge in [0.05, 0.1) is 0 Å². The third kappa shape index (κ3) is 1.73. The van der Waals surface area contributed by atoms with E-state index in [1.54, 1.807) is 12.4 Å². The molecule has 110 valence electrons. The van der Waals surface area contributed by atoms with E-state index in [0.29, 0.717) is 0 Å². The SMILES string of the molecule is [c-]1nccn1-c1cccc2c1[nH]c1c(-n3[c-]ncc3)cccc12. The van der Waals surface area contributed by atoms with Crippen LogP contribution in [0.5, 0.6) is 0 Å². The minimum atomic E-state index is 1.02. The molecule has 0 atom stereocenters. The van der Waals surface area contributed by atoms with E-state index in [9.17, 15) is 0 Å². The van der Waals surface area contributed by atoms with Gasteiger partial charge < -0.3 is 24.1 Å². The van der Waals surface area contributed by atoms with Crippen LogP contribution in [-0.4, -0.2) is 24.1 Å². The number of para-hydroxylation sites is 2. The van der Waals surface area contributed by atoms with Gasteiger partial charge in [-0.1, -0.05) is 61.2 Å². The minimum absolute atomic E-state index is 1.02. The van der Waals surface area contributed by atoms with Crippen LogP contribution in [0.4, 0.5) is 0 Å². The monoisotopic (exact) mass is 297 g/mol. The molecule has 0 unspecified atom stereocenters. The van der Waals surface area contributed by atoms with Crippen molar-refractivity contribution in [3.63, 3.8) is 0 Å². The number of fused-ring (bicyclic) bond motifs is 3. The Labute approximate surface area is 131 Å². The Kier molecular flexibility index (Phi) is 2.43. The number of imidazole rings is 2. The van der Waals surface area contributed by atoms with E-state index in [-0.39, 0.29) is 0 Å². The maximum absolute atomic E-state index is 4.02. The average molecular weight is 297 g/mol. The van der Waals surface area contributed by atoms with Crippen LogP contribution in [0.25, 0.3) is 33.2 Å². The Bertz CT molecular complexity index is 1010. The number of nitrogens with zero attached hydrogens (tertiary/aromatic N) is 4. The second-order valence-corrected chi connectivity index (χ2v) is 5.32. The second-order valence-electron chi connectivity index (χ2n) is 5.32. The lowest BCUT2D eigenvalue weighted by atomic mass is 10.1. The fourth-order valence-electron chi connectivity index (χ4n) is 3.04. The molecule has 1 N–H and O–H groups in total. The number of benzene rings is 2. The van der Waals surface area contributed by atoms with Crippen LogP contribution in [0, 0.1) is 12.7 Å². The van der Waals surface area contributed by atoms with Crippen molar-refractivity contribution in [1.29, 1.82) is 0 Å². The van der Waals surface area contributed by atoms with E-state index in [0.717, 1.165) is 22.4 Å². The van der Waals surface area contributed by atoms with Crippen molar-refractivity contribution >= 4 is 21.8 Å². The molecular weight excluding hydrogens is 286 g/mol. The van der Waals surface area contributed by atoms with E-state index in [2.05, 4.69) is 64.0 Å². The molecule has 5 aromatic rings. The highest BCUT2D eigenvalue weighted by atomic mass is 15.1. The molecule has 0 amide bonds. The van der Waals surface area contributed by atoms with Gasteiger partial charge in [0, 0.05) is 23.7 Å². The van der Waals surface area contributed by atoms with Crippen LogP contribution in [-0.2, 0) is 0 Å². The maximum Gasteiger partial charge on any atom is 0.0408 e. The van der Waals surface area contributed by atoms with E-state index < -0.39 is 0 Å². The highest BCUT2D eigenvalue weighted by Crippen LogP contribution is 2.32. The largest absolute Gasteiger partial charge is 0.432 e. The average Bonchev–Trinajstić information content (AvgIpc) is 3.33. The van der Waals surface area contributed by atoms with Gasteiger partial charge in [0.2, 0.25) is 0 Å². The van der Waals surface area contributed by atoms with Gasteiger partial charge in [-0.2, -0.15) is 0 Å². The first-order chi connectivity index (χ1) is 11.4. The van der Waals surface area contributed by atoms with Gasteiger partial charge in [-0.05, 0) is 22.1 Å². The first-order valence-electron chi connectivity index (χ1n) is 7.28. The van der Waals surface area contributed by atoms with Crippen LogP contribution in [0.3, 0.4) is 0 Å². The van der Waals surface area contributed by atoms with Gasteiger partial charge >= 0.3 is 0 Å². The number of hydrogen-bond acceptors (Lipinski definition) is 2.